The van der Waals surface area contributed by atoms with Gasteiger partial charge in [0.1, 0.15) is 5.82 Å². The molecule has 2 aromatic carbocycles. The van der Waals surface area contributed by atoms with Gasteiger partial charge in [-0.2, -0.15) is 0 Å². The molecule has 0 bridgehead atoms. The quantitative estimate of drug-likeness (QED) is 0.565. The van der Waals surface area contributed by atoms with Crippen LogP contribution in [0.25, 0.3) is 0 Å². The SMILES string of the molecule is CCc1ccc(Cc2nnc(NC(=O)CCS(=O)(=O)c3ccc(F)cc3)o2)cc1. The summed E-state index contributed by atoms with van der Waals surface area (Å²) in [5, 5.41) is 10.0. The first kappa shape index (κ1) is 20.7. The number of hydrogen-bond acceptors (Lipinski definition) is 6. The van der Waals surface area contributed by atoms with E-state index in [0.717, 1.165) is 24.1 Å². The highest BCUT2D eigenvalue weighted by Crippen LogP contribution is 2.15. The molecule has 7 nitrogen and oxygen atoms in total. The number of sulfone groups is 1. The number of nitrogens with zero attached hydrogens (tertiary/aromatic N) is 2. The van der Waals surface area contributed by atoms with Gasteiger partial charge in [-0.25, -0.2) is 12.8 Å². The summed E-state index contributed by atoms with van der Waals surface area (Å²) in [5.74, 6) is -1.19. The number of benzene rings is 2. The van der Waals surface area contributed by atoms with Crippen molar-refractivity contribution >= 4 is 21.8 Å². The molecule has 152 valence electrons. The molecule has 0 aliphatic carbocycles. The Labute approximate surface area is 167 Å². The Morgan fingerprint density at radius 3 is 2.34 bits per heavy atom. The molecule has 0 spiro atoms. The largest absolute Gasteiger partial charge is 0.407 e. The fraction of sp³-hybridized carbons (Fsp3) is 0.250. The normalized spacial score (nSPS) is 11.4. The van der Waals surface area contributed by atoms with Crippen molar-refractivity contribution in [1.82, 2.24) is 10.2 Å². The standard InChI is InChI=1S/C20H20FN3O4S/c1-2-14-3-5-15(6-4-14)13-19-23-24-20(28-19)22-18(25)11-12-29(26,27)17-9-7-16(21)8-10-17/h3-10H,2,11-13H2,1H3,(H,22,24,25). The Bertz CT molecular complexity index is 1080. The summed E-state index contributed by atoms with van der Waals surface area (Å²) in [6.07, 6.45) is 1.08. The lowest BCUT2D eigenvalue weighted by Crippen LogP contribution is -2.17. The van der Waals surface area contributed by atoms with Crippen molar-refractivity contribution in [1.29, 1.82) is 0 Å². The Morgan fingerprint density at radius 1 is 1.03 bits per heavy atom. The van der Waals surface area contributed by atoms with Gasteiger partial charge in [0.05, 0.1) is 17.1 Å². The monoisotopic (exact) mass is 417 g/mol. The van der Waals surface area contributed by atoms with Crippen molar-refractivity contribution in [3.8, 4) is 0 Å². The van der Waals surface area contributed by atoms with E-state index in [-0.39, 0.29) is 17.3 Å². The Morgan fingerprint density at radius 2 is 1.69 bits per heavy atom. The second-order valence-electron chi connectivity index (χ2n) is 6.42. The van der Waals surface area contributed by atoms with Gasteiger partial charge in [0, 0.05) is 6.42 Å². The number of aryl methyl sites for hydroxylation is 1. The van der Waals surface area contributed by atoms with Crippen LogP contribution >= 0.6 is 0 Å². The maximum atomic E-state index is 12.9. The van der Waals surface area contributed by atoms with Crippen LogP contribution in [0.5, 0.6) is 0 Å². The molecule has 0 fully saturated rings. The van der Waals surface area contributed by atoms with Crippen molar-refractivity contribution in [3.63, 3.8) is 0 Å². The highest BCUT2D eigenvalue weighted by molar-refractivity contribution is 7.91. The number of carbonyl (C=O) groups excluding carboxylic acids is 1. The van der Waals surface area contributed by atoms with Gasteiger partial charge in [0.25, 0.3) is 0 Å². The van der Waals surface area contributed by atoms with Crippen molar-refractivity contribution < 1.29 is 22.0 Å². The van der Waals surface area contributed by atoms with Crippen molar-refractivity contribution in [2.24, 2.45) is 0 Å². The first-order chi connectivity index (χ1) is 13.9. The van der Waals surface area contributed by atoms with Crippen LogP contribution in [0.3, 0.4) is 0 Å². The zero-order valence-corrected chi connectivity index (χ0v) is 16.6. The summed E-state index contributed by atoms with van der Waals surface area (Å²) < 4.78 is 42.7. The van der Waals surface area contributed by atoms with E-state index in [1.165, 1.54) is 17.7 Å². The summed E-state index contributed by atoms with van der Waals surface area (Å²) in [6, 6.07) is 12.4. The van der Waals surface area contributed by atoms with Gasteiger partial charge < -0.3 is 4.42 Å². The molecule has 9 heteroatoms. The van der Waals surface area contributed by atoms with Gasteiger partial charge in [0.15, 0.2) is 9.84 Å². The first-order valence-electron chi connectivity index (χ1n) is 9.04. The minimum absolute atomic E-state index is 0.0409. The molecule has 0 saturated heterocycles. The number of carbonyl (C=O) groups is 1. The third kappa shape index (κ3) is 5.71. The highest BCUT2D eigenvalue weighted by atomic mass is 32.2. The van der Waals surface area contributed by atoms with Gasteiger partial charge in [-0.3, -0.25) is 10.1 Å². The molecule has 1 aromatic heterocycles. The number of nitrogens with one attached hydrogen (secondary N) is 1. The summed E-state index contributed by atoms with van der Waals surface area (Å²) in [6.45, 7) is 2.08. The van der Waals surface area contributed by atoms with E-state index < -0.39 is 27.3 Å². The highest BCUT2D eigenvalue weighted by Gasteiger charge is 2.18. The average molecular weight is 417 g/mol. The minimum atomic E-state index is -3.70. The fourth-order valence-corrected chi connectivity index (χ4v) is 3.85. The van der Waals surface area contributed by atoms with E-state index in [1.807, 2.05) is 24.3 Å². The average Bonchev–Trinajstić information content (AvgIpc) is 3.14. The summed E-state index contributed by atoms with van der Waals surface area (Å²) in [5.41, 5.74) is 2.22. The predicted octanol–water partition coefficient (Wildman–Crippen LogP) is 3.16. The Kier molecular flexibility index (Phi) is 6.38. The van der Waals surface area contributed by atoms with Gasteiger partial charge in [0.2, 0.25) is 11.8 Å². The van der Waals surface area contributed by atoms with Crippen molar-refractivity contribution in [2.75, 3.05) is 11.1 Å². The fourth-order valence-electron chi connectivity index (χ4n) is 2.61. The van der Waals surface area contributed by atoms with Crippen LogP contribution in [-0.2, 0) is 27.5 Å². The molecule has 1 amide bonds. The second-order valence-corrected chi connectivity index (χ2v) is 8.53. The zero-order chi connectivity index (χ0) is 20.9. The van der Waals surface area contributed by atoms with Crippen LogP contribution in [0.1, 0.15) is 30.4 Å². The number of hydrogen-bond donors (Lipinski definition) is 1. The van der Waals surface area contributed by atoms with Crippen LogP contribution in [0.15, 0.2) is 57.8 Å². The molecule has 0 radical (unpaired) electrons. The lowest BCUT2D eigenvalue weighted by atomic mass is 10.1. The molecule has 1 heterocycles. The molecular formula is C20H20FN3O4S. The van der Waals surface area contributed by atoms with Gasteiger partial charge in [-0.1, -0.05) is 36.3 Å². The lowest BCUT2D eigenvalue weighted by Gasteiger charge is -2.04. The summed E-state index contributed by atoms with van der Waals surface area (Å²) >= 11 is 0. The smallest absolute Gasteiger partial charge is 0.322 e. The van der Waals surface area contributed by atoms with Crippen molar-refractivity contribution in [2.45, 2.75) is 31.1 Å². The van der Waals surface area contributed by atoms with E-state index in [0.29, 0.717) is 12.3 Å². The molecular weight excluding hydrogens is 397 g/mol. The van der Waals surface area contributed by atoms with Crippen LogP contribution in [-0.4, -0.2) is 30.3 Å². The van der Waals surface area contributed by atoms with E-state index in [2.05, 4.69) is 22.4 Å². The van der Waals surface area contributed by atoms with Crippen LogP contribution in [0, 0.1) is 5.82 Å². The number of amides is 1. The predicted molar refractivity (Wildman–Crippen MR) is 105 cm³/mol. The Hall–Kier alpha value is -3.07. The van der Waals surface area contributed by atoms with Crippen molar-refractivity contribution in [3.05, 3.63) is 71.4 Å². The van der Waals surface area contributed by atoms with Gasteiger partial charge in [-0.05, 0) is 41.8 Å². The number of aromatic nitrogens is 2. The number of rotatable bonds is 8. The van der Waals surface area contributed by atoms with Crippen LogP contribution in [0.4, 0.5) is 10.4 Å². The summed E-state index contributed by atoms with van der Waals surface area (Å²) in [7, 11) is -3.70. The molecule has 3 aromatic rings. The number of halogens is 1. The molecule has 0 saturated carbocycles. The van der Waals surface area contributed by atoms with Gasteiger partial charge in [-0.15, -0.1) is 5.10 Å². The van der Waals surface area contributed by atoms with Crippen LogP contribution in [0.2, 0.25) is 0 Å². The second kappa shape index (κ2) is 8.95. The molecule has 0 aliphatic heterocycles. The van der Waals surface area contributed by atoms with E-state index >= 15 is 0 Å². The first-order valence-corrected chi connectivity index (χ1v) is 10.7. The van der Waals surface area contributed by atoms with Gasteiger partial charge >= 0.3 is 6.01 Å². The maximum Gasteiger partial charge on any atom is 0.322 e. The molecule has 1 N–H and O–H groups in total. The molecule has 0 atom stereocenters. The van der Waals surface area contributed by atoms with E-state index in [1.54, 1.807) is 0 Å². The molecule has 0 aliphatic rings. The lowest BCUT2D eigenvalue weighted by molar-refractivity contribution is -0.116. The third-order valence-corrected chi connectivity index (χ3v) is 6.00. The Balaban J connectivity index is 1.53. The topological polar surface area (TPSA) is 102 Å². The maximum absolute atomic E-state index is 12.9. The van der Waals surface area contributed by atoms with E-state index in [9.17, 15) is 17.6 Å². The number of anilines is 1. The summed E-state index contributed by atoms with van der Waals surface area (Å²) in [4.78, 5) is 12.0. The van der Waals surface area contributed by atoms with E-state index in [4.69, 9.17) is 4.42 Å². The molecule has 3 rings (SSSR count). The zero-order valence-electron chi connectivity index (χ0n) is 15.8. The molecule has 0 unspecified atom stereocenters. The van der Waals surface area contributed by atoms with Crippen LogP contribution < -0.4 is 5.32 Å². The minimum Gasteiger partial charge on any atom is -0.407 e. The molecule has 29 heavy (non-hydrogen) atoms. The third-order valence-electron chi connectivity index (χ3n) is 4.27.